The summed E-state index contributed by atoms with van der Waals surface area (Å²) in [5, 5.41) is 0. The van der Waals surface area contributed by atoms with Crippen molar-refractivity contribution >= 4 is 0 Å². The van der Waals surface area contributed by atoms with E-state index in [9.17, 15) is 0 Å². The molecule has 22 N–H and O–H groups in total. The number of quaternary nitrogens is 4. The quantitative estimate of drug-likeness (QED) is 0.468. The van der Waals surface area contributed by atoms with Gasteiger partial charge in [-0.15, -0.1) is 0 Å². The number of hydrogen-bond acceptors (Lipinski definition) is 6. The Labute approximate surface area is 79.2 Å². The molecule has 0 fully saturated rings. The molecule has 0 bridgehead atoms. The Balaban J connectivity index is 0. The summed E-state index contributed by atoms with van der Waals surface area (Å²) >= 11 is 0. The summed E-state index contributed by atoms with van der Waals surface area (Å²) in [5.74, 6) is 0. The van der Waals surface area contributed by atoms with Gasteiger partial charge in [0, 0.05) is 0 Å². The second-order valence-electron chi connectivity index (χ2n) is 0. The van der Waals surface area contributed by atoms with E-state index >= 15 is 0 Å². The first-order valence-corrected chi connectivity index (χ1v) is 0. The molecule has 0 heterocycles. The van der Waals surface area contributed by atoms with Crippen molar-refractivity contribution in [2.45, 2.75) is 0 Å². The van der Waals surface area contributed by atoms with E-state index in [4.69, 9.17) is 0 Å². The van der Waals surface area contributed by atoms with Crippen molar-refractivity contribution in [2.24, 2.45) is 0 Å². The van der Waals surface area contributed by atoms with E-state index in [1.54, 1.807) is 0 Å². The van der Waals surface area contributed by atoms with Gasteiger partial charge >= 0.3 is 21.1 Å². The first-order valence-electron chi connectivity index (χ1n) is 0. The van der Waals surface area contributed by atoms with E-state index in [1.165, 1.54) is 0 Å². The smallest absolute Gasteiger partial charge is 0.870 e. The zero-order chi connectivity index (χ0) is 0. The molecular weight excluding hydrogens is 347 g/mol. The minimum absolute atomic E-state index is 0. The minimum atomic E-state index is 0. The standard InChI is InChI=1S/4H3N.6H2O.Pt/h4*1H3;6*1H2;/q;;;;;;;;;;+2/p-2. The molecule has 0 atom stereocenters. The van der Waals surface area contributed by atoms with Crippen LogP contribution in [-0.4, -0.2) is 32.9 Å². The third kappa shape index (κ3) is 8500. The summed E-state index contributed by atoms with van der Waals surface area (Å²) in [5.41, 5.74) is 0. The van der Waals surface area contributed by atoms with Crippen LogP contribution >= 0.6 is 0 Å². The van der Waals surface area contributed by atoms with Crippen LogP contribution in [0.15, 0.2) is 0 Å². The summed E-state index contributed by atoms with van der Waals surface area (Å²) in [6.45, 7) is 0. The molecule has 0 saturated heterocycles. The molecule has 0 aromatic rings. The molecular formula is H22N4O6Pt. The number of hydrogen-bond donors (Lipinski definition) is 4. The van der Waals surface area contributed by atoms with E-state index in [0.29, 0.717) is 0 Å². The Bertz CT molecular complexity index is 14.5. The van der Waals surface area contributed by atoms with Crippen molar-refractivity contribution in [1.29, 1.82) is 0 Å². The van der Waals surface area contributed by atoms with Gasteiger partial charge in [0.1, 0.15) is 0 Å². The second kappa shape index (κ2) is 10700. The van der Waals surface area contributed by atoms with Crippen LogP contribution < -0.4 is 24.6 Å². The van der Waals surface area contributed by atoms with Crippen molar-refractivity contribution in [2.75, 3.05) is 0 Å². The Hall–Kier alpha value is 0.288. The average molecular weight is 369 g/mol. The Morgan fingerprint density at radius 3 is 0.273 bits per heavy atom. The second-order valence-corrected chi connectivity index (χ2v) is 0. The normalized spacial score (nSPS) is 0. The molecule has 0 rings (SSSR count). The molecule has 0 aliphatic rings. The summed E-state index contributed by atoms with van der Waals surface area (Å²) in [4.78, 5) is 0. The SMILES string of the molecule is [NH4+].[NH4+].[NH4+].[NH4+].[OH-].[OH-].[OH-].[OH-].[OH-].[OH-].[Pt+2]. The maximum absolute atomic E-state index is 0. The van der Waals surface area contributed by atoms with Crippen molar-refractivity contribution < 1.29 is 53.9 Å². The van der Waals surface area contributed by atoms with Gasteiger partial charge in [-0.05, 0) is 0 Å². The molecule has 11 heteroatoms. The van der Waals surface area contributed by atoms with Crippen LogP contribution in [0, 0.1) is 0 Å². The van der Waals surface area contributed by atoms with Gasteiger partial charge in [0.05, 0.1) is 0 Å². The van der Waals surface area contributed by atoms with Gasteiger partial charge in [0.25, 0.3) is 0 Å². The van der Waals surface area contributed by atoms with Crippen molar-refractivity contribution in [3.05, 3.63) is 0 Å². The van der Waals surface area contributed by atoms with E-state index in [-0.39, 0.29) is 78.5 Å². The summed E-state index contributed by atoms with van der Waals surface area (Å²) in [7, 11) is 0. The first kappa shape index (κ1) is 14400. The summed E-state index contributed by atoms with van der Waals surface area (Å²) < 4.78 is 0. The third-order valence-corrected chi connectivity index (χ3v) is 0. The fraction of sp³-hybridized carbons (Fsp3) is 0. The summed E-state index contributed by atoms with van der Waals surface area (Å²) in [6.07, 6.45) is 0. The molecule has 0 radical (unpaired) electrons. The van der Waals surface area contributed by atoms with Crippen molar-refractivity contribution in [3.8, 4) is 0 Å². The van der Waals surface area contributed by atoms with Crippen LogP contribution in [-0.2, 0) is 21.1 Å². The van der Waals surface area contributed by atoms with Gasteiger partial charge in [-0.1, -0.05) is 0 Å². The molecule has 11 heavy (non-hydrogen) atoms. The molecule has 0 aliphatic heterocycles. The molecule has 0 saturated carbocycles. The molecule has 0 aromatic heterocycles. The van der Waals surface area contributed by atoms with Gasteiger partial charge < -0.3 is 57.5 Å². The topological polar surface area (TPSA) is 326 Å². The monoisotopic (exact) mass is 369 g/mol. The van der Waals surface area contributed by atoms with Crippen LogP contribution in [0.1, 0.15) is 0 Å². The van der Waals surface area contributed by atoms with Crippen LogP contribution in [0.3, 0.4) is 0 Å². The Morgan fingerprint density at radius 2 is 0.273 bits per heavy atom. The molecule has 0 aliphatic carbocycles. The Kier molecular flexibility index (Phi) is 14000000. The zero-order valence-electron chi connectivity index (χ0n) is 7.00. The van der Waals surface area contributed by atoms with Gasteiger partial charge in [-0.3, -0.25) is 0 Å². The van der Waals surface area contributed by atoms with Gasteiger partial charge in [0.15, 0.2) is 0 Å². The maximum atomic E-state index is 0. The fourth-order valence-corrected chi connectivity index (χ4v) is 0. The predicted octanol–water partition coefficient (Wildman–Crippen LogP) is 0.441. The Morgan fingerprint density at radius 1 is 0.273 bits per heavy atom. The zero-order valence-corrected chi connectivity index (χ0v) is 9.27. The van der Waals surface area contributed by atoms with E-state index < -0.39 is 0 Å². The summed E-state index contributed by atoms with van der Waals surface area (Å²) in [6, 6.07) is 0. The largest absolute Gasteiger partial charge is 2.00 e. The molecule has 0 aromatic carbocycles. The van der Waals surface area contributed by atoms with Crippen LogP contribution in [0.2, 0.25) is 0 Å². The predicted molar refractivity (Wildman–Crippen MR) is 35.6 cm³/mol. The van der Waals surface area contributed by atoms with Gasteiger partial charge in [0.2, 0.25) is 0 Å². The average Bonchev–Trinajstić information content (AvgIpc) is 0. The molecule has 0 amide bonds. The van der Waals surface area contributed by atoms with E-state index in [1.807, 2.05) is 0 Å². The van der Waals surface area contributed by atoms with Crippen LogP contribution in [0.25, 0.3) is 0 Å². The molecule has 88 valence electrons. The molecule has 10 nitrogen and oxygen atoms in total. The van der Waals surface area contributed by atoms with Crippen LogP contribution in [0.4, 0.5) is 0 Å². The van der Waals surface area contributed by atoms with E-state index in [0.717, 1.165) is 0 Å². The van der Waals surface area contributed by atoms with E-state index in [2.05, 4.69) is 0 Å². The fourth-order valence-electron chi connectivity index (χ4n) is 0. The molecule has 0 unspecified atom stereocenters. The van der Waals surface area contributed by atoms with Crippen LogP contribution in [0.5, 0.6) is 0 Å². The van der Waals surface area contributed by atoms with Gasteiger partial charge in [-0.25, -0.2) is 0 Å². The van der Waals surface area contributed by atoms with Crippen molar-refractivity contribution in [3.63, 3.8) is 0 Å². The minimum Gasteiger partial charge on any atom is -0.870 e. The molecule has 0 spiro atoms. The van der Waals surface area contributed by atoms with Crippen molar-refractivity contribution in [1.82, 2.24) is 24.6 Å². The van der Waals surface area contributed by atoms with Gasteiger partial charge in [-0.2, -0.15) is 0 Å². The first-order chi connectivity index (χ1) is 0. The number of rotatable bonds is 0. The maximum Gasteiger partial charge on any atom is 2.00 e. The third-order valence-electron chi connectivity index (χ3n) is 0.